The molecule has 0 saturated heterocycles. The fraction of sp³-hybridized carbons (Fsp3) is 0.595. The molecule has 64 heavy (non-hydrogen) atoms. The normalized spacial score (nSPS) is 14.9. The molecule has 0 saturated carbocycles. The van der Waals surface area contributed by atoms with Crippen LogP contribution in [0.1, 0.15) is 86.6 Å². The van der Waals surface area contributed by atoms with Crippen LogP contribution in [-0.4, -0.2) is 135 Å². The highest BCUT2D eigenvalue weighted by atomic mass is 16.4. The SMILES string of the molecule is CC(C)CC(=O)N[C@@H](Cc1ccccc1)C(=O)N[C@@H](CO)C(=O)N[C@H](C(=O)N[C@@H](CC(C)C)C(=O)C(=O)C(=O)N[C@@H](CC(C)C)C(=O)N[C@@H](CC(N)=O)C(=O)N[C@@H](C)C(=O)O)[C@@H](C)O. The number of primary amides is 1. The zero-order chi connectivity index (χ0) is 49.0. The Morgan fingerprint density at radius 3 is 1.56 bits per heavy atom. The number of Topliss-reactive ketones (excluding diaryl/α,β-unsaturated/α-hetero) is 2. The molecule has 0 aromatic heterocycles. The zero-order valence-corrected chi connectivity index (χ0v) is 37.4. The van der Waals surface area contributed by atoms with Crippen molar-refractivity contribution in [1.29, 1.82) is 0 Å². The molecule has 8 amide bonds. The second-order valence-electron chi connectivity index (χ2n) is 16.7. The van der Waals surface area contributed by atoms with E-state index in [2.05, 4.69) is 37.2 Å². The molecule has 356 valence electrons. The summed E-state index contributed by atoms with van der Waals surface area (Å²) in [5.74, 6) is -13.8. The van der Waals surface area contributed by atoms with Crippen molar-refractivity contribution < 1.29 is 68.1 Å². The van der Waals surface area contributed by atoms with Gasteiger partial charge in [-0.15, -0.1) is 0 Å². The van der Waals surface area contributed by atoms with Crippen LogP contribution >= 0.6 is 0 Å². The molecule has 8 atom stereocenters. The van der Waals surface area contributed by atoms with Crippen LogP contribution in [0.5, 0.6) is 0 Å². The average molecular weight is 905 g/mol. The number of carbonyl (C=O) groups is 11. The lowest BCUT2D eigenvalue weighted by atomic mass is 9.96. The van der Waals surface area contributed by atoms with Gasteiger partial charge in [0.1, 0.15) is 36.3 Å². The van der Waals surface area contributed by atoms with Crippen LogP contribution in [0, 0.1) is 17.8 Å². The molecule has 22 nitrogen and oxygen atoms in total. The number of carboxylic acids is 1. The molecule has 1 rings (SSSR count). The Kier molecular flexibility index (Phi) is 23.5. The molecule has 0 aliphatic rings. The molecule has 1 aromatic rings. The predicted octanol–water partition coefficient (Wildman–Crippen LogP) is -2.75. The summed E-state index contributed by atoms with van der Waals surface area (Å²) >= 11 is 0. The number of aliphatic carboxylic acids is 1. The zero-order valence-electron chi connectivity index (χ0n) is 37.4. The molecule has 0 aliphatic heterocycles. The molecule has 0 heterocycles. The molecule has 0 spiro atoms. The molecule has 12 N–H and O–H groups in total. The number of aliphatic hydroxyl groups excluding tert-OH is 2. The highest BCUT2D eigenvalue weighted by molar-refractivity contribution is 6.64. The fourth-order valence-electron chi connectivity index (χ4n) is 6.03. The van der Waals surface area contributed by atoms with Crippen LogP contribution in [0.15, 0.2) is 30.3 Å². The number of aliphatic hydroxyl groups is 2. The summed E-state index contributed by atoms with van der Waals surface area (Å²) in [6, 6.07) is -2.49. The van der Waals surface area contributed by atoms with E-state index >= 15 is 0 Å². The second-order valence-corrected chi connectivity index (χ2v) is 16.7. The van der Waals surface area contributed by atoms with Gasteiger partial charge in [-0.3, -0.25) is 52.7 Å². The highest BCUT2D eigenvalue weighted by Gasteiger charge is 2.38. The summed E-state index contributed by atoms with van der Waals surface area (Å²) in [6.07, 6.45) is -2.71. The van der Waals surface area contributed by atoms with Gasteiger partial charge in [0, 0.05) is 12.8 Å². The third kappa shape index (κ3) is 19.8. The van der Waals surface area contributed by atoms with Crippen LogP contribution in [0.25, 0.3) is 0 Å². The molecule has 1 aromatic carbocycles. The Morgan fingerprint density at radius 1 is 0.562 bits per heavy atom. The number of nitrogens with one attached hydrogen (secondary N) is 7. The van der Waals surface area contributed by atoms with Crippen LogP contribution < -0.4 is 43.0 Å². The van der Waals surface area contributed by atoms with Gasteiger partial charge in [-0.05, 0) is 50.0 Å². The van der Waals surface area contributed by atoms with Gasteiger partial charge >= 0.3 is 5.97 Å². The third-order valence-corrected chi connectivity index (χ3v) is 9.27. The van der Waals surface area contributed by atoms with E-state index in [-0.39, 0.29) is 37.5 Å². The van der Waals surface area contributed by atoms with E-state index in [4.69, 9.17) is 10.8 Å². The minimum Gasteiger partial charge on any atom is -0.480 e. The van der Waals surface area contributed by atoms with Crippen molar-refractivity contribution in [2.45, 2.75) is 136 Å². The first-order valence-electron chi connectivity index (χ1n) is 20.8. The molecular weight excluding hydrogens is 841 g/mol. The maximum atomic E-state index is 13.6. The number of hydrogen-bond acceptors (Lipinski definition) is 13. The third-order valence-electron chi connectivity index (χ3n) is 9.27. The number of ketones is 2. The highest BCUT2D eigenvalue weighted by Crippen LogP contribution is 2.11. The number of benzene rings is 1. The van der Waals surface area contributed by atoms with Crippen molar-refractivity contribution in [3.05, 3.63) is 35.9 Å². The lowest BCUT2D eigenvalue weighted by Crippen LogP contribution is -2.61. The van der Waals surface area contributed by atoms with Crippen LogP contribution in [0.4, 0.5) is 0 Å². The molecule has 0 bridgehead atoms. The lowest BCUT2D eigenvalue weighted by Gasteiger charge is -2.27. The van der Waals surface area contributed by atoms with Gasteiger partial charge in [-0.2, -0.15) is 0 Å². The van der Waals surface area contributed by atoms with Crippen LogP contribution in [0.2, 0.25) is 0 Å². The van der Waals surface area contributed by atoms with Gasteiger partial charge in [0.15, 0.2) is 0 Å². The standard InChI is InChI=1S/C42H64N8O14/c1-20(2)14-26(34(55)35(56)41(62)48-27(15-21(3)4)37(58)47-29(18-31(43)53)36(57)44-23(7)42(63)64)46-40(61)33(24(8)52)50-39(60)30(19-51)49-38(59)28(45-32(54)16-22(5)6)17-25-12-10-9-11-13-25/h9-13,20-24,26-30,33,51-52H,14-19H2,1-8H3,(H2,43,53)(H,44,57)(H,45,54)(H,46,61)(H,47,58)(H,48,62)(H,49,59)(H,50,60)(H,63,64)/t23-,24+,26-,27-,28-,29-,30-,33-/m0/s1. The van der Waals surface area contributed by atoms with Gasteiger partial charge in [-0.25, -0.2) is 0 Å². The number of rotatable bonds is 28. The van der Waals surface area contributed by atoms with Gasteiger partial charge in [0.25, 0.3) is 11.7 Å². The summed E-state index contributed by atoms with van der Waals surface area (Å²) in [7, 11) is 0. The first-order chi connectivity index (χ1) is 29.8. The van der Waals surface area contributed by atoms with Gasteiger partial charge in [0.05, 0.1) is 25.2 Å². The smallest absolute Gasteiger partial charge is 0.325 e. The van der Waals surface area contributed by atoms with E-state index in [0.717, 1.165) is 13.8 Å². The van der Waals surface area contributed by atoms with Crippen LogP contribution in [0.3, 0.4) is 0 Å². The van der Waals surface area contributed by atoms with Gasteiger partial charge in [0.2, 0.25) is 47.1 Å². The maximum absolute atomic E-state index is 13.6. The molecule has 0 unspecified atom stereocenters. The van der Waals surface area contributed by atoms with Gasteiger partial charge in [-0.1, -0.05) is 71.9 Å². The minimum atomic E-state index is -1.85. The Bertz CT molecular complexity index is 1840. The monoisotopic (exact) mass is 904 g/mol. The van der Waals surface area contributed by atoms with E-state index in [1.54, 1.807) is 58.0 Å². The molecule has 0 fully saturated rings. The van der Waals surface area contributed by atoms with E-state index < -0.39 is 132 Å². The fourth-order valence-corrected chi connectivity index (χ4v) is 6.03. The molecule has 0 aliphatic carbocycles. The van der Waals surface area contributed by atoms with Crippen LogP contribution in [-0.2, 0) is 59.2 Å². The largest absolute Gasteiger partial charge is 0.480 e. The van der Waals surface area contributed by atoms with E-state index in [9.17, 15) is 63.0 Å². The van der Waals surface area contributed by atoms with E-state index in [1.807, 2.05) is 13.8 Å². The lowest BCUT2D eigenvalue weighted by molar-refractivity contribution is -0.147. The molecule has 0 radical (unpaired) electrons. The Labute approximate surface area is 371 Å². The topological polar surface area (TPSA) is 359 Å². The van der Waals surface area contributed by atoms with Crippen molar-refractivity contribution in [1.82, 2.24) is 37.2 Å². The molecule has 22 heteroatoms. The Hall–Kier alpha value is -6.29. The summed E-state index contributed by atoms with van der Waals surface area (Å²) in [6.45, 7) is 11.4. The summed E-state index contributed by atoms with van der Waals surface area (Å²) < 4.78 is 0. The number of carbonyl (C=O) groups excluding carboxylic acids is 10. The summed E-state index contributed by atoms with van der Waals surface area (Å²) in [5, 5.41) is 45.7. The van der Waals surface area contributed by atoms with E-state index in [0.29, 0.717) is 5.56 Å². The minimum absolute atomic E-state index is 0.0221. The quantitative estimate of drug-likeness (QED) is 0.0300. The number of hydrogen-bond donors (Lipinski definition) is 11. The Balaban J connectivity index is 3.26. The van der Waals surface area contributed by atoms with Gasteiger partial charge < -0.3 is 58.3 Å². The van der Waals surface area contributed by atoms with Crippen molar-refractivity contribution in [2.75, 3.05) is 6.61 Å². The van der Waals surface area contributed by atoms with Crippen molar-refractivity contribution in [2.24, 2.45) is 23.5 Å². The summed E-state index contributed by atoms with van der Waals surface area (Å²) in [4.78, 5) is 142. The first kappa shape index (κ1) is 55.7. The van der Waals surface area contributed by atoms with Crippen molar-refractivity contribution in [3.63, 3.8) is 0 Å². The van der Waals surface area contributed by atoms with Crippen molar-refractivity contribution >= 4 is 64.8 Å². The molecular formula is C42H64N8O14. The summed E-state index contributed by atoms with van der Waals surface area (Å²) in [5.41, 5.74) is 5.89. The Morgan fingerprint density at radius 2 is 1.06 bits per heavy atom. The average Bonchev–Trinajstić information content (AvgIpc) is 3.19. The second kappa shape index (κ2) is 27.0. The maximum Gasteiger partial charge on any atom is 0.325 e. The number of nitrogens with two attached hydrogens (primary N) is 1. The number of amides is 8. The van der Waals surface area contributed by atoms with Crippen molar-refractivity contribution in [3.8, 4) is 0 Å². The van der Waals surface area contributed by atoms with E-state index in [1.165, 1.54) is 0 Å². The number of carboxylic acid groups (broad SMARTS) is 1. The predicted molar refractivity (Wildman–Crippen MR) is 228 cm³/mol. The first-order valence-corrected chi connectivity index (χ1v) is 20.8.